The van der Waals surface area contributed by atoms with Gasteiger partial charge in [-0.25, -0.2) is 15.0 Å². The number of nitrogens with zero attached hydrogens (tertiary/aromatic N) is 5. The smallest absolute Gasteiger partial charge is 0.260 e. The van der Waals surface area contributed by atoms with Crippen molar-refractivity contribution in [1.82, 2.24) is 25.3 Å². The Bertz CT molecular complexity index is 1530. The number of aryl methyl sites for hydroxylation is 1. The van der Waals surface area contributed by atoms with Gasteiger partial charge >= 0.3 is 0 Å². The second-order valence-corrected chi connectivity index (χ2v) is 7.87. The monoisotopic (exact) mass is 475 g/mol. The summed E-state index contributed by atoms with van der Waals surface area (Å²) in [7, 11) is 0. The number of rotatable bonds is 6. The van der Waals surface area contributed by atoms with E-state index in [9.17, 15) is 4.79 Å². The van der Waals surface area contributed by atoms with Crippen LogP contribution >= 0.6 is 11.6 Å². The van der Waals surface area contributed by atoms with Crippen LogP contribution in [0.15, 0.2) is 68.7 Å². The number of aromatic nitrogens is 4. The molecule has 11 heteroatoms. The zero-order chi connectivity index (χ0) is 23.7. The zero-order valence-corrected chi connectivity index (χ0v) is 18.7. The summed E-state index contributed by atoms with van der Waals surface area (Å²) >= 11 is 6.19. The van der Waals surface area contributed by atoms with Crippen LogP contribution in [0.4, 0.5) is 5.82 Å². The summed E-state index contributed by atoms with van der Waals surface area (Å²) in [6.07, 6.45) is 1.42. The molecular formula is C23H18ClN7O3. The van der Waals surface area contributed by atoms with E-state index >= 15 is 0 Å². The summed E-state index contributed by atoms with van der Waals surface area (Å²) < 4.78 is 12.1. The third-order valence-electron chi connectivity index (χ3n) is 5.15. The van der Waals surface area contributed by atoms with Gasteiger partial charge in [0.25, 0.3) is 5.91 Å². The van der Waals surface area contributed by atoms with Gasteiger partial charge in [0, 0.05) is 10.6 Å². The molecule has 5 rings (SSSR count). The third-order valence-corrected chi connectivity index (χ3v) is 5.55. The number of nitrogens with one attached hydrogen (secondary N) is 1. The Hall–Kier alpha value is -4.44. The topological polar surface area (TPSA) is 137 Å². The molecule has 2 aromatic carbocycles. The number of carbonyl (C=O) groups is 1. The van der Waals surface area contributed by atoms with Gasteiger partial charge in [-0.2, -0.15) is 5.10 Å². The average Bonchev–Trinajstić information content (AvgIpc) is 3.55. The van der Waals surface area contributed by atoms with E-state index in [4.69, 9.17) is 26.4 Å². The van der Waals surface area contributed by atoms with Crippen LogP contribution in [0.3, 0.4) is 0 Å². The first-order valence-corrected chi connectivity index (χ1v) is 10.6. The molecule has 0 aliphatic carbocycles. The number of imidazole rings is 1. The van der Waals surface area contributed by atoms with E-state index in [0.29, 0.717) is 27.9 Å². The zero-order valence-electron chi connectivity index (χ0n) is 17.9. The van der Waals surface area contributed by atoms with Crippen molar-refractivity contribution in [1.29, 1.82) is 0 Å². The van der Waals surface area contributed by atoms with E-state index in [1.54, 1.807) is 10.6 Å². The molecule has 34 heavy (non-hydrogen) atoms. The second-order valence-electron chi connectivity index (χ2n) is 7.47. The van der Waals surface area contributed by atoms with Crippen molar-refractivity contribution < 1.29 is 13.8 Å². The van der Waals surface area contributed by atoms with Crippen molar-refractivity contribution >= 4 is 40.6 Å². The van der Waals surface area contributed by atoms with Crippen LogP contribution in [-0.4, -0.2) is 32.0 Å². The molecule has 3 N–H and O–H groups in total. The number of benzene rings is 2. The maximum Gasteiger partial charge on any atom is 0.260 e. The highest BCUT2D eigenvalue weighted by atomic mass is 35.5. The number of furan rings is 1. The lowest BCUT2D eigenvalue weighted by molar-refractivity contribution is -0.121. The molecule has 0 saturated carbocycles. The molecular weight excluding hydrogens is 458 g/mol. The van der Waals surface area contributed by atoms with Crippen LogP contribution < -0.4 is 11.2 Å². The lowest BCUT2D eigenvalue weighted by Crippen LogP contribution is -2.23. The van der Waals surface area contributed by atoms with Gasteiger partial charge in [-0.15, -0.1) is 0 Å². The normalized spacial score (nSPS) is 11.5. The number of hydrazone groups is 1. The lowest BCUT2D eigenvalue weighted by Gasteiger charge is -2.06. The fourth-order valence-corrected chi connectivity index (χ4v) is 3.62. The van der Waals surface area contributed by atoms with E-state index in [2.05, 4.69) is 25.8 Å². The van der Waals surface area contributed by atoms with Gasteiger partial charge in [0.1, 0.15) is 18.1 Å². The molecule has 0 atom stereocenters. The first-order chi connectivity index (χ1) is 16.5. The predicted molar refractivity (Wildman–Crippen MR) is 127 cm³/mol. The molecule has 10 nitrogen and oxygen atoms in total. The van der Waals surface area contributed by atoms with Crippen LogP contribution in [0.2, 0.25) is 5.02 Å². The molecule has 0 unspecified atom stereocenters. The van der Waals surface area contributed by atoms with Crippen LogP contribution in [-0.2, 0) is 11.3 Å². The van der Waals surface area contributed by atoms with Crippen molar-refractivity contribution in [3.63, 3.8) is 0 Å². The predicted octanol–water partition coefficient (Wildman–Crippen LogP) is 4.04. The van der Waals surface area contributed by atoms with E-state index in [0.717, 1.165) is 16.6 Å². The summed E-state index contributed by atoms with van der Waals surface area (Å²) in [4.78, 5) is 17.2. The Morgan fingerprint density at radius 1 is 1.21 bits per heavy atom. The number of nitrogens with two attached hydrogens (primary N) is 1. The molecule has 5 aromatic rings. The molecule has 170 valence electrons. The highest BCUT2D eigenvalue weighted by Gasteiger charge is 2.20. The molecule has 0 aliphatic heterocycles. The maximum atomic E-state index is 12.6. The Morgan fingerprint density at radius 2 is 2.06 bits per heavy atom. The largest absolute Gasteiger partial charge is 0.455 e. The lowest BCUT2D eigenvalue weighted by atomic mass is 10.1. The second kappa shape index (κ2) is 8.83. The Balaban J connectivity index is 1.31. The number of fused-ring (bicyclic) bond motifs is 1. The van der Waals surface area contributed by atoms with Crippen LogP contribution in [0.1, 0.15) is 11.3 Å². The molecule has 0 radical (unpaired) electrons. The number of amides is 1. The Labute approximate surface area is 198 Å². The fraction of sp³-hybridized carbons (Fsp3) is 0.0870. The van der Waals surface area contributed by atoms with E-state index in [-0.39, 0.29) is 24.0 Å². The first kappa shape index (κ1) is 21.4. The van der Waals surface area contributed by atoms with Crippen molar-refractivity contribution in [3.8, 4) is 22.8 Å². The van der Waals surface area contributed by atoms with Gasteiger partial charge < -0.3 is 14.7 Å². The summed E-state index contributed by atoms with van der Waals surface area (Å²) in [5.41, 5.74) is 11.8. The minimum atomic E-state index is -0.382. The average molecular weight is 476 g/mol. The molecule has 1 amide bonds. The molecule has 0 bridgehead atoms. The highest BCUT2D eigenvalue weighted by Crippen LogP contribution is 2.27. The summed E-state index contributed by atoms with van der Waals surface area (Å²) in [5, 5.41) is 12.1. The maximum absolute atomic E-state index is 12.6. The fourth-order valence-electron chi connectivity index (χ4n) is 3.44. The summed E-state index contributed by atoms with van der Waals surface area (Å²) in [6, 6.07) is 16.6. The van der Waals surface area contributed by atoms with Crippen LogP contribution in [0.5, 0.6) is 0 Å². The molecule has 3 aromatic heterocycles. The van der Waals surface area contributed by atoms with E-state index in [1.807, 2.05) is 55.5 Å². The van der Waals surface area contributed by atoms with E-state index < -0.39 is 0 Å². The van der Waals surface area contributed by atoms with Gasteiger partial charge in [0.15, 0.2) is 17.3 Å². The van der Waals surface area contributed by atoms with Gasteiger partial charge in [0.05, 0.1) is 17.2 Å². The van der Waals surface area contributed by atoms with Gasteiger partial charge in [-0.3, -0.25) is 4.79 Å². The van der Waals surface area contributed by atoms with Gasteiger partial charge in [0.2, 0.25) is 0 Å². The molecule has 0 saturated heterocycles. The number of nitrogen functional groups attached to an aromatic ring is 1. The SMILES string of the molecule is Cc1ccc(-c2ccc(C=NNC(=O)Cn3c(-c4nonc4N)nc4ccccc43)o2)cc1Cl. The van der Waals surface area contributed by atoms with Crippen LogP contribution in [0, 0.1) is 6.92 Å². The Morgan fingerprint density at radius 3 is 2.85 bits per heavy atom. The summed E-state index contributed by atoms with van der Waals surface area (Å²) in [6.45, 7) is 1.85. The third kappa shape index (κ3) is 4.14. The quantitative estimate of drug-likeness (QED) is 0.279. The van der Waals surface area contributed by atoms with Gasteiger partial charge in [-0.05, 0) is 53.1 Å². The minimum Gasteiger partial charge on any atom is -0.455 e. The molecule has 0 spiro atoms. The van der Waals surface area contributed by atoms with Crippen LogP contribution in [0.25, 0.3) is 33.9 Å². The number of halogens is 1. The number of carbonyl (C=O) groups excluding carboxylic acids is 1. The standard InChI is InChI=1S/C23H18ClN7O3/c1-13-6-7-14(10-16(13)24)19-9-8-15(33-19)11-26-28-20(32)12-31-18-5-3-2-4-17(18)27-23(31)21-22(25)30-34-29-21/h2-11H,12H2,1H3,(H2,25,30)(H,28,32). The molecule has 3 heterocycles. The van der Waals surface area contributed by atoms with E-state index in [1.165, 1.54) is 6.21 Å². The number of para-hydroxylation sites is 2. The van der Waals surface area contributed by atoms with Crippen molar-refractivity contribution in [2.45, 2.75) is 13.5 Å². The minimum absolute atomic E-state index is 0.0786. The van der Waals surface area contributed by atoms with Crippen molar-refractivity contribution in [2.24, 2.45) is 5.10 Å². The molecule has 0 fully saturated rings. The van der Waals surface area contributed by atoms with Crippen molar-refractivity contribution in [3.05, 3.63) is 70.9 Å². The first-order valence-electron chi connectivity index (χ1n) is 10.2. The number of anilines is 1. The Kier molecular flexibility index (Phi) is 5.56. The number of hydrogen-bond donors (Lipinski definition) is 2. The molecule has 0 aliphatic rings. The van der Waals surface area contributed by atoms with Gasteiger partial charge in [-0.1, -0.05) is 35.9 Å². The van der Waals surface area contributed by atoms with Crippen molar-refractivity contribution in [2.75, 3.05) is 5.73 Å². The summed E-state index contributed by atoms with van der Waals surface area (Å²) in [5.74, 6) is 1.18. The number of hydrogen-bond acceptors (Lipinski definition) is 8. The highest BCUT2D eigenvalue weighted by molar-refractivity contribution is 6.31.